The quantitative estimate of drug-likeness (QED) is 0.866. The maximum atomic E-state index is 10.3. The summed E-state index contributed by atoms with van der Waals surface area (Å²) >= 11 is 0. The van der Waals surface area contributed by atoms with Gasteiger partial charge in [0.05, 0.1) is 5.69 Å². The maximum absolute atomic E-state index is 10.3. The van der Waals surface area contributed by atoms with Crippen molar-refractivity contribution in [3.8, 4) is 5.75 Å². The Labute approximate surface area is 105 Å². The summed E-state index contributed by atoms with van der Waals surface area (Å²) in [5.41, 5.74) is 1.70. The van der Waals surface area contributed by atoms with Crippen LogP contribution in [0.15, 0.2) is 0 Å². The highest BCUT2D eigenvalue weighted by atomic mass is 16.3. The third-order valence-corrected chi connectivity index (χ3v) is 2.95. The summed E-state index contributed by atoms with van der Waals surface area (Å²) in [7, 11) is 0. The Morgan fingerprint density at radius 2 is 1.88 bits per heavy atom. The molecule has 0 unspecified atom stereocenters. The second-order valence-corrected chi connectivity index (χ2v) is 6.04. The summed E-state index contributed by atoms with van der Waals surface area (Å²) in [6, 6.07) is 0.295. The molecule has 0 bridgehead atoms. The van der Waals surface area contributed by atoms with Gasteiger partial charge in [0.25, 0.3) is 0 Å². The van der Waals surface area contributed by atoms with Gasteiger partial charge in [-0.2, -0.15) is 5.10 Å². The minimum Gasteiger partial charge on any atom is -0.504 e. The van der Waals surface area contributed by atoms with Crippen molar-refractivity contribution in [1.29, 1.82) is 0 Å². The van der Waals surface area contributed by atoms with E-state index < -0.39 is 0 Å². The number of hydrogen-bond acceptors (Lipinski definition) is 2. The van der Waals surface area contributed by atoms with Crippen molar-refractivity contribution in [3.05, 3.63) is 11.4 Å². The molecule has 3 heteroatoms. The molecule has 0 fully saturated rings. The SMILES string of the molecule is CCCCc1c(O)c(C(C)(C)C)nn1C(C)C. The number of hydrogen-bond donors (Lipinski definition) is 1. The molecule has 0 spiro atoms. The minimum atomic E-state index is -0.106. The Bertz CT molecular complexity index is 372. The van der Waals surface area contributed by atoms with Gasteiger partial charge in [-0.3, -0.25) is 4.68 Å². The highest BCUT2D eigenvalue weighted by Gasteiger charge is 2.26. The van der Waals surface area contributed by atoms with Gasteiger partial charge in [0.2, 0.25) is 0 Å². The first kappa shape index (κ1) is 14.1. The van der Waals surface area contributed by atoms with Crippen molar-refractivity contribution in [3.63, 3.8) is 0 Å². The zero-order chi connectivity index (χ0) is 13.2. The van der Waals surface area contributed by atoms with Crippen LogP contribution in [0.25, 0.3) is 0 Å². The van der Waals surface area contributed by atoms with E-state index in [9.17, 15) is 5.11 Å². The van der Waals surface area contributed by atoms with Crippen LogP contribution >= 0.6 is 0 Å². The Kier molecular flexibility index (Phi) is 4.23. The topological polar surface area (TPSA) is 38.1 Å². The Hall–Kier alpha value is -0.990. The summed E-state index contributed by atoms with van der Waals surface area (Å²) < 4.78 is 1.98. The molecule has 0 radical (unpaired) electrons. The van der Waals surface area contributed by atoms with E-state index in [4.69, 9.17) is 0 Å². The van der Waals surface area contributed by atoms with Crippen LogP contribution in [0, 0.1) is 0 Å². The molecule has 0 atom stereocenters. The van der Waals surface area contributed by atoms with Gasteiger partial charge in [-0.25, -0.2) is 0 Å². The van der Waals surface area contributed by atoms with Gasteiger partial charge in [0, 0.05) is 11.5 Å². The van der Waals surface area contributed by atoms with E-state index in [2.05, 4.69) is 46.6 Å². The van der Waals surface area contributed by atoms with E-state index in [0.29, 0.717) is 11.8 Å². The summed E-state index contributed by atoms with van der Waals surface area (Å²) in [6.45, 7) is 12.6. The van der Waals surface area contributed by atoms with E-state index in [1.54, 1.807) is 0 Å². The number of aromatic nitrogens is 2. The molecule has 98 valence electrons. The molecular weight excluding hydrogens is 212 g/mol. The predicted octanol–water partition coefficient (Wildman–Crippen LogP) is 3.81. The summed E-state index contributed by atoms with van der Waals surface area (Å²) in [4.78, 5) is 0. The fourth-order valence-electron chi connectivity index (χ4n) is 1.97. The van der Waals surface area contributed by atoms with Crippen molar-refractivity contribution in [2.75, 3.05) is 0 Å². The fraction of sp³-hybridized carbons (Fsp3) is 0.786. The van der Waals surface area contributed by atoms with Crippen molar-refractivity contribution in [2.45, 2.75) is 72.3 Å². The zero-order valence-corrected chi connectivity index (χ0v) is 12.0. The molecule has 1 aromatic rings. The molecule has 0 aliphatic rings. The van der Waals surface area contributed by atoms with Gasteiger partial charge in [-0.15, -0.1) is 0 Å². The lowest BCUT2D eigenvalue weighted by Crippen LogP contribution is -2.14. The number of rotatable bonds is 4. The highest BCUT2D eigenvalue weighted by Crippen LogP contribution is 2.34. The Balaban J connectivity index is 3.21. The second kappa shape index (κ2) is 5.11. The van der Waals surface area contributed by atoms with E-state index in [0.717, 1.165) is 30.7 Å². The first-order valence-electron chi connectivity index (χ1n) is 6.59. The first-order chi connectivity index (χ1) is 7.79. The molecule has 17 heavy (non-hydrogen) atoms. The average molecular weight is 238 g/mol. The van der Waals surface area contributed by atoms with E-state index >= 15 is 0 Å². The summed E-state index contributed by atoms with van der Waals surface area (Å²) in [6.07, 6.45) is 3.13. The molecule has 0 saturated heterocycles. The number of unbranched alkanes of at least 4 members (excludes halogenated alkanes) is 1. The molecular formula is C14H26N2O. The molecule has 1 N–H and O–H groups in total. The van der Waals surface area contributed by atoms with Crippen molar-refractivity contribution in [1.82, 2.24) is 9.78 Å². The molecule has 0 saturated carbocycles. The van der Waals surface area contributed by atoms with Crippen molar-refractivity contribution < 1.29 is 5.11 Å². The second-order valence-electron chi connectivity index (χ2n) is 6.04. The monoisotopic (exact) mass is 238 g/mol. The lowest BCUT2D eigenvalue weighted by molar-refractivity contribution is 0.437. The smallest absolute Gasteiger partial charge is 0.160 e. The van der Waals surface area contributed by atoms with Gasteiger partial charge in [-0.05, 0) is 26.7 Å². The summed E-state index contributed by atoms with van der Waals surface area (Å²) in [5.74, 6) is 0.402. The molecule has 1 aromatic heterocycles. The molecule has 0 aromatic carbocycles. The highest BCUT2D eigenvalue weighted by molar-refractivity contribution is 5.37. The predicted molar refractivity (Wildman–Crippen MR) is 71.6 cm³/mol. The average Bonchev–Trinajstić information content (AvgIpc) is 2.52. The molecule has 1 rings (SSSR count). The van der Waals surface area contributed by atoms with Crippen LogP contribution in [0.3, 0.4) is 0 Å². The zero-order valence-electron chi connectivity index (χ0n) is 12.0. The molecule has 3 nitrogen and oxygen atoms in total. The number of nitrogens with zero attached hydrogens (tertiary/aromatic N) is 2. The lowest BCUT2D eigenvalue weighted by atomic mass is 9.91. The molecule has 1 heterocycles. The standard InChI is InChI=1S/C14H26N2O/c1-7-8-9-11-12(17)13(14(4,5)6)15-16(11)10(2)3/h10,17H,7-9H2,1-6H3. The van der Waals surface area contributed by atoms with E-state index in [1.165, 1.54) is 0 Å². The maximum Gasteiger partial charge on any atom is 0.160 e. The number of aromatic hydroxyl groups is 1. The van der Waals surface area contributed by atoms with E-state index in [-0.39, 0.29) is 5.41 Å². The van der Waals surface area contributed by atoms with Crippen LogP contribution < -0.4 is 0 Å². The first-order valence-corrected chi connectivity index (χ1v) is 6.59. The third kappa shape index (κ3) is 3.02. The summed E-state index contributed by atoms with van der Waals surface area (Å²) in [5, 5.41) is 14.9. The molecule has 0 aliphatic heterocycles. The van der Waals surface area contributed by atoms with Crippen LogP contribution in [-0.4, -0.2) is 14.9 Å². The van der Waals surface area contributed by atoms with Crippen LogP contribution in [0.4, 0.5) is 0 Å². The van der Waals surface area contributed by atoms with Gasteiger partial charge in [0.1, 0.15) is 5.69 Å². The van der Waals surface area contributed by atoms with Gasteiger partial charge in [-0.1, -0.05) is 34.1 Å². The largest absolute Gasteiger partial charge is 0.504 e. The molecule has 0 aliphatic carbocycles. The van der Waals surface area contributed by atoms with Crippen LogP contribution in [0.1, 0.15) is 71.8 Å². The normalized spacial score (nSPS) is 12.4. The van der Waals surface area contributed by atoms with Crippen LogP contribution in [-0.2, 0) is 11.8 Å². The Morgan fingerprint density at radius 3 is 2.29 bits per heavy atom. The third-order valence-electron chi connectivity index (χ3n) is 2.95. The van der Waals surface area contributed by atoms with Gasteiger partial charge in [0.15, 0.2) is 5.75 Å². The van der Waals surface area contributed by atoms with E-state index in [1.807, 2.05) is 4.68 Å². The minimum absolute atomic E-state index is 0.106. The fourth-order valence-corrected chi connectivity index (χ4v) is 1.97. The van der Waals surface area contributed by atoms with Crippen molar-refractivity contribution in [2.24, 2.45) is 0 Å². The lowest BCUT2D eigenvalue weighted by Gasteiger charge is -2.15. The van der Waals surface area contributed by atoms with Gasteiger partial charge < -0.3 is 5.11 Å². The molecule has 0 amide bonds. The van der Waals surface area contributed by atoms with Crippen LogP contribution in [0.2, 0.25) is 0 Å². The van der Waals surface area contributed by atoms with Crippen LogP contribution in [0.5, 0.6) is 5.75 Å². The van der Waals surface area contributed by atoms with Gasteiger partial charge >= 0.3 is 0 Å². The van der Waals surface area contributed by atoms with Crippen molar-refractivity contribution >= 4 is 0 Å². The Morgan fingerprint density at radius 1 is 1.29 bits per heavy atom.